The van der Waals surface area contributed by atoms with E-state index in [9.17, 15) is 9.59 Å². The van der Waals surface area contributed by atoms with Gasteiger partial charge in [0, 0.05) is 11.1 Å². The molecule has 0 fully saturated rings. The number of fused-ring (bicyclic) bond motifs is 1. The van der Waals surface area contributed by atoms with E-state index >= 15 is 0 Å². The van der Waals surface area contributed by atoms with Crippen molar-refractivity contribution in [3.63, 3.8) is 0 Å². The minimum Gasteiger partial charge on any atom is -0.495 e. The number of rotatable bonds is 3. The Balaban J connectivity index is 2.08. The molecule has 0 aliphatic rings. The van der Waals surface area contributed by atoms with E-state index in [0.717, 1.165) is 5.56 Å². The van der Waals surface area contributed by atoms with Gasteiger partial charge in [0.05, 0.1) is 24.7 Å². The summed E-state index contributed by atoms with van der Waals surface area (Å²) in [5.74, 6) is 0.220. The summed E-state index contributed by atoms with van der Waals surface area (Å²) in [5, 5.41) is 3.36. The van der Waals surface area contributed by atoms with Crippen LogP contribution >= 0.6 is 11.6 Å². The van der Waals surface area contributed by atoms with Crippen LogP contribution in [0, 0.1) is 13.8 Å². The van der Waals surface area contributed by atoms with E-state index in [1.807, 2.05) is 6.92 Å². The van der Waals surface area contributed by atoms with E-state index < -0.39 is 11.5 Å². The van der Waals surface area contributed by atoms with E-state index in [1.54, 1.807) is 19.1 Å². The smallest absolute Gasteiger partial charge is 0.262 e. The van der Waals surface area contributed by atoms with Gasteiger partial charge < -0.3 is 19.5 Å². The van der Waals surface area contributed by atoms with Gasteiger partial charge in [-0.2, -0.15) is 0 Å². The maximum Gasteiger partial charge on any atom is 0.262 e. The third-order valence-electron chi connectivity index (χ3n) is 3.63. The van der Waals surface area contributed by atoms with E-state index in [1.165, 1.54) is 13.4 Å². The maximum absolute atomic E-state index is 12.7. The van der Waals surface area contributed by atoms with Gasteiger partial charge in [-0.3, -0.25) is 9.59 Å². The second-order valence-corrected chi connectivity index (χ2v) is 5.61. The van der Waals surface area contributed by atoms with Crippen LogP contribution in [0.3, 0.4) is 0 Å². The van der Waals surface area contributed by atoms with Crippen molar-refractivity contribution >= 4 is 34.3 Å². The quantitative estimate of drug-likeness (QED) is 0.759. The number of hydrogen-bond acceptors (Lipinski definition) is 5. The number of benzene rings is 1. The second kappa shape index (κ2) is 6.01. The lowest BCUT2D eigenvalue weighted by molar-refractivity contribution is 0.102. The molecule has 0 aliphatic carbocycles. The molecule has 0 saturated carbocycles. The number of aromatic amines is 1. The standard InChI is InChI=1S/C16H14ClN3O4/c1-7-4-10(11(23-3)5-9(7)17)20-15(22)12-8(2)24-16-13(12)14(21)18-6-19-16/h4-6H,1-3H3,(H,20,22)(H,18,19,21). The van der Waals surface area contributed by atoms with Crippen LogP contribution in [0.2, 0.25) is 5.02 Å². The number of aryl methyl sites for hydroxylation is 2. The number of furan rings is 1. The second-order valence-electron chi connectivity index (χ2n) is 5.20. The first kappa shape index (κ1) is 16.1. The highest BCUT2D eigenvalue weighted by Gasteiger charge is 2.22. The number of nitrogens with zero attached hydrogens (tertiary/aromatic N) is 1. The van der Waals surface area contributed by atoms with Crippen LogP contribution in [0.1, 0.15) is 21.7 Å². The van der Waals surface area contributed by atoms with Gasteiger partial charge in [-0.05, 0) is 25.5 Å². The van der Waals surface area contributed by atoms with Crippen LogP contribution in [0.4, 0.5) is 5.69 Å². The number of anilines is 1. The van der Waals surface area contributed by atoms with Crippen LogP contribution in [-0.2, 0) is 0 Å². The number of H-pyrrole nitrogens is 1. The van der Waals surface area contributed by atoms with Gasteiger partial charge >= 0.3 is 0 Å². The van der Waals surface area contributed by atoms with Crippen molar-refractivity contribution in [2.75, 3.05) is 12.4 Å². The van der Waals surface area contributed by atoms with Crippen LogP contribution in [0.25, 0.3) is 11.1 Å². The van der Waals surface area contributed by atoms with E-state index in [0.29, 0.717) is 22.2 Å². The molecular formula is C16H14ClN3O4. The molecule has 0 unspecified atom stereocenters. The third-order valence-corrected chi connectivity index (χ3v) is 4.03. The van der Waals surface area contributed by atoms with Crippen molar-refractivity contribution in [2.24, 2.45) is 0 Å². The molecule has 1 amide bonds. The summed E-state index contributed by atoms with van der Waals surface area (Å²) in [6, 6.07) is 3.31. The SMILES string of the molecule is COc1cc(Cl)c(C)cc1NC(=O)c1c(C)oc2nc[nH]c(=O)c12. The monoisotopic (exact) mass is 347 g/mol. The van der Waals surface area contributed by atoms with E-state index in [-0.39, 0.29) is 16.7 Å². The average molecular weight is 348 g/mol. The van der Waals surface area contributed by atoms with Gasteiger partial charge in [-0.15, -0.1) is 0 Å². The number of carbonyl (C=O) groups excluding carboxylic acids is 1. The molecule has 3 aromatic rings. The summed E-state index contributed by atoms with van der Waals surface area (Å²) in [4.78, 5) is 31.1. The molecule has 1 aromatic carbocycles. The summed E-state index contributed by atoms with van der Waals surface area (Å²) in [6.07, 6.45) is 1.22. The molecule has 124 valence electrons. The molecule has 3 rings (SSSR count). The van der Waals surface area contributed by atoms with Gasteiger partial charge in [0.15, 0.2) is 0 Å². The van der Waals surface area contributed by atoms with Crippen molar-refractivity contribution in [3.05, 3.63) is 50.7 Å². The molecule has 0 bridgehead atoms. The van der Waals surface area contributed by atoms with Crippen molar-refractivity contribution in [1.82, 2.24) is 9.97 Å². The lowest BCUT2D eigenvalue weighted by Crippen LogP contribution is -2.17. The zero-order valence-electron chi connectivity index (χ0n) is 13.2. The first-order chi connectivity index (χ1) is 11.4. The Bertz CT molecular complexity index is 1010. The molecule has 0 spiro atoms. The maximum atomic E-state index is 12.7. The first-order valence-corrected chi connectivity index (χ1v) is 7.42. The summed E-state index contributed by atoms with van der Waals surface area (Å²) in [5.41, 5.74) is 1.02. The minimum atomic E-state index is -0.496. The highest BCUT2D eigenvalue weighted by molar-refractivity contribution is 6.31. The fourth-order valence-corrected chi connectivity index (χ4v) is 2.59. The van der Waals surface area contributed by atoms with Gasteiger partial charge in [0.1, 0.15) is 16.9 Å². The Morgan fingerprint density at radius 3 is 2.83 bits per heavy atom. The topological polar surface area (TPSA) is 97.2 Å². The predicted octanol–water partition coefficient (Wildman–Crippen LogP) is 3.05. The summed E-state index contributed by atoms with van der Waals surface area (Å²) in [7, 11) is 1.48. The van der Waals surface area contributed by atoms with Gasteiger partial charge in [0.25, 0.3) is 11.5 Å². The Hall–Kier alpha value is -2.80. The first-order valence-electron chi connectivity index (χ1n) is 7.04. The Morgan fingerprint density at radius 1 is 1.38 bits per heavy atom. The number of hydrogen-bond donors (Lipinski definition) is 2. The lowest BCUT2D eigenvalue weighted by atomic mass is 10.1. The molecular weight excluding hydrogens is 334 g/mol. The number of nitrogens with one attached hydrogen (secondary N) is 2. The highest BCUT2D eigenvalue weighted by atomic mass is 35.5. The van der Waals surface area contributed by atoms with Crippen LogP contribution in [-0.4, -0.2) is 23.0 Å². The number of ether oxygens (including phenoxy) is 1. The fraction of sp³-hybridized carbons (Fsp3) is 0.188. The molecule has 2 N–H and O–H groups in total. The minimum absolute atomic E-state index is 0.108. The van der Waals surface area contributed by atoms with Gasteiger partial charge in [0.2, 0.25) is 5.71 Å². The zero-order valence-corrected chi connectivity index (χ0v) is 13.9. The van der Waals surface area contributed by atoms with Gasteiger partial charge in [-0.25, -0.2) is 4.98 Å². The van der Waals surface area contributed by atoms with Crippen molar-refractivity contribution in [3.8, 4) is 5.75 Å². The Morgan fingerprint density at radius 2 is 2.12 bits per heavy atom. The van der Waals surface area contributed by atoms with Crippen LogP contribution in [0.5, 0.6) is 5.75 Å². The molecule has 7 nitrogen and oxygen atoms in total. The molecule has 0 radical (unpaired) electrons. The van der Waals surface area contributed by atoms with E-state index in [2.05, 4.69) is 15.3 Å². The number of halogens is 1. The predicted molar refractivity (Wildman–Crippen MR) is 90.1 cm³/mol. The number of methoxy groups -OCH3 is 1. The van der Waals surface area contributed by atoms with E-state index in [4.69, 9.17) is 20.8 Å². The Labute approximate surface area is 141 Å². The molecule has 8 heteroatoms. The van der Waals surface area contributed by atoms with Crippen molar-refractivity contribution in [2.45, 2.75) is 13.8 Å². The molecule has 2 heterocycles. The lowest BCUT2D eigenvalue weighted by Gasteiger charge is -2.12. The number of aromatic nitrogens is 2. The molecule has 0 saturated heterocycles. The van der Waals surface area contributed by atoms with Gasteiger partial charge in [-0.1, -0.05) is 11.6 Å². The van der Waals surface area contributed by atoms with Crippen molar-refractivity contribution in [1.29, 1.82) is 0 Å². The third kappa shape index (κ3) is 2.63. The number of carbonyl (C=O) groups is 1. The van der Waals surface area contributed by atoms with Crippen molar-refractivity contribution < 1.29 is 13.9 Å². The summed E-state index contributed by atoms with van der Waals surface area (Å²) < 4.78 is 10.6. The molecule has 24 heavy (non-hydrogen) atoms. The number of amides is 1. The molecule has 0 aliphatic heterocycles. The largest absolute Gasteiger partial charge is 0.495 e. The van der Waals surface area contributed by atoms with Crippen LogP contribution < -0.4 is 15.6 Å². The zero-order chi connectivity index (χ0) is 17.4. The average Bonchev–Trinajstić information content (AvgIpc) is 2.88. The fourth-order valence-electron chi connectivity index (χ4n) is 2.44. The highest BCUT2D eigenvalue weighted by Crippen LogP contribution is 2.32. The normalized spacial score (nSPS) is 10.8. The summed E-state index contributed by atoms with van der Waals surface area (Å²) >= 11 is 6.06. The van der Waals surface area contributed by atoms with Crippen LogP contribution in [0.15, 0.2) is 27.7 Å². The molecule has 0 atom stereocenters. The Kier molecular flexibility index (Phi) is 4.02. The summed E-state index contributed by atoms with van der Waals surface area (Å²) in [6.45, 7) is 3.41. The molecule has 2 aromatic heterocycles.